The molecule has 0 N–H and O–H groups in total. The second kappa shape index (κ2) is 7.09. The van der Waals surface area contributed by atoms with Crippen molar-refractivity contribution >= 4 is 7.25 Å². The fourth-order valence-electron chi connectivity index (χ4n) is 1.33. The van der Waals surface area contributed by atoms with Crippen LogP contribution in [0.25, 0.3) is 0 Å². The van der Waals surface area contributed by atoms with Gasteiger partial charge in [0, 0.05) is 12.1 Å². The molecule has 0 saturated heterocycles. The van der Waals surface area contributed by atoms with Crippen molar-refractivity contribution in [2.45, 2.75) is 46.7 Å². The largest absolute Gasteiger partial charge is 0.673 e. The van der Waals surface area contributed by atoms with Gasteiger partial charge < -0.3 is 17.3 Å². The van der Waals surface area contributed by atoms with Gasteiger partial charge in [-0.05, 0) is 34.2 Å². The van der Waals surface area contributed by atoms with Crippen LogP contribution in [0.5, 0.6) is 0 Å². The first-order chi connectivity index (χ1) is 6.09. The molecule has 0 aliphatic rings. The second-order valence-corrected chi connectivity index (χ2v) is 3.51. The summed E-state index contributed by atoms with van der Waals surface area (Å²) >= 11 is 0. The standard InChI is InChI=1S/C8H19N.BF4/c1-6-9(7(2)3)8(4)5;2-1(3,4)5/h7-8H,6H2,1-5H3;/q;-1. The van der Waals surface area contributed by atoms with E-state index in [-0.39, 0.29) is 0 Å². The lowest BCUT2D eigenvalue weighted by molar-refractivity contribution is 0.185. The van der Waals surface area contributed by atoms with E-state index in [1.807, 2.05) is 0 Å². The Hall–Kier alpha value is -0.255. The first-order valence-electron chi connectivity index (χ1n) is 4.72. The van der Waals surface area contributed by atoms with Crippen LogP contribution in [0.4, 0.5) is 17.3 Å². The summed E-state index contributed by atoms with van der Waals surface area (Å²) in [5, 5.41) is 0. The van der Waals surface area contributed by atoms with E-state index in [4.69, 9.17) is 0 Å². The Kier molecular flexibility index (Phi) is 8.20. The summed E-state index contributed by atoms with van der Waals surface area (Å²) in [6.07, 6.45) is 0. The number of nitrogens with zero attached hydrogens (tertiary/aromatic N) is 1. The fourth-order valence-corrected chi connectivity index (χ4v) is 1.33. The van der Waals surface area contributed by atoms with Gasteiger partial charge >= 0.3 is 7.25 Å². The van der Waals surface area contributed by atoms with Gasteiger partial charge in [-0.1, -0.05) is 6.92 Å². The molecule has 0 unspecified atom stereocenters. The molecule has 0 fully saturated rings. The summed E-state index contributed by atoms with van der Waals surface area (Å²) in [7, 11) is -6.00. The van der Waals surface area contributed by atoms with E-state index < -0.39 is 7.25 Å². The maximum absolute atomic E-state index is 9.75. The quantitative estimate of drug-likeness (QED) is 0.516. The van der Waals surface area contributed by atoms with Crippen LogP contribution in [0.15, 0.2) is 0 Å². The van der Waals surface area contributed by atoms with E-state index in [1.54, 1.807) is 0 Å². The second-order valence-electron chi connectivity index (χ2n) is 3.51. The Bertz CT molecular complexity index is 122. The van der Waals surface area contributed by atoms with Gasteiger partial charge in [-0.2, -0.15) is 0 Å². The molecule has 0 amide bonds. The molecular weight excluding hydrogens is 197 g/mol. The zero-order valence-corrected chi connectivity index (χ0v) is 9.40. The first-order valence-corrected chi connectivity index (χ1v) is 4.72. The highest BCUT2D eigenvalue weighted by Gasteiger charge is 2.20. The lowest BCUT2D eigenvalue weighted by Crippen LogP contribution is -2.36. The fraction of sp³-hybridized carbons (Fsp3) is 1.00. The Morgan fingerprint density at radius 2 is 1.14 bits per heavy atom. The summed E-state index contributed by atoms with van der Waals surface area (Å²) < 4.78 is 39.0. The molecule has 1 nitrogen and oxygen atoms in total. The van der Waals surface area contributed by atoms with E-state index in [0.717, 1.165) is 6.54 Å². The zero-order chi connectivity index (χ0) is 11.9. The van der Waals surface area contributed by atoms with Crippen molar-refractivity contribution in [3.05, 3.63) is 0 Å². The summed E-state index contributed by atoms with van der Waals surface area (Å²) in [4.78, 5) is 2.46. The highest BCUT2D eigenvalue weighted by molar-refractivity contribution is 6.50. The SMILES string of the molecule is CCN(C(C)C)C(C)C.F[B-](F)(F)F. The van der Waals surface area contributed by atoms with E-state index in [2.05, 4.69) is 39.5 Å². The monoisotopic (exact) mass is 216 g/mol. The van der Waals surface area contributed by atoms with Crippen LogP contribution >= 0.6 is 0 Å². The van der Waals surface area contributed by atoms with Gasteiger partial charge in [0.05, 0.1) is 0 Å². The van der Waals surface area contributed by atoms with Crippen molar-refractivity contribution in [1.29, 1.82) is 0 Å². The highest BCUT2D eigenvalue weighted by atomic mass is 19.5. The van der Waals surface area contributed by atoms with E-state index in [0.29, 0.717) is 12.1 Å². The van der Waals surface area contributed by atoms with Crippen LogP contribution in [-0.2, 0) is 0 Å². The lowest BCUT2D eigenvalue weighted by atomic mass is 10.2. The van der Waals surface area contributed by atoms with E-state index in [1.165, 1.54) is 0 Å². The molecule has 0 spiro atoms. The molecule has 0 aromatic carbocycles. The number of hydrogen-bond donors (Lipinski definition) is 0. The predicted octanol–water partition coefficient (Wildman–Crippen LogP) is 3.43. The van der Waals surface area contributed by atoms with Crippen LogP contribution in [0, 0.1) is 0 Å². The number of rotatable bonds is 3. The average molecular weight is 216 g/mol. The van der Waals surface area contributed by atoms with Crippen molar-refractivity contribution < 1.29 is 17.3 Å². The molecule has 0 rings (SSSR count). The van der Waals surface area contributed by atoms with Crippen LogP contribution in [-0.4, -0.2) is 30.8 Å². The smallest absolute Gasteiger partial charge is 0.418 e. The Morgan fingerprint density at radius 1 is 0.929 bits per heavy atom. The molecule has 0 heterocycles. The van der Waals surface area contributed by atoms with Crippen LogP contribution in [0.1, 0.15) is 34.6 Å². The number of halogens is 4. The van der Waals surface area contributed by atoms with Crippen molar-refractivity contribution in [2.24, 2.45) is 0 Å². The molecule has 0 aliphatic heterocycles. The normalized spacial score (nSPS) is 12.0. The zero-order valence-electron chi connectivity index (χ0n) is 9.40. The van der Waals surface area contributed by atoms with Crippen LogP contribution in [0.3, 0.4) is 0 Å². The topological polar surface area (TPSA) is 3.24 Å². The van der Waals surface area contributed by atoms with Crippen molar-refractivity contribution in [1.82, 2.24) is 4.90 Å². The molecule has 0 saturated carbocycles. The molecule has 6 heteroatoms. The lowest BCUT2D eigenvalue weighted by Gasteiger charge is -2.28. The summed E-state index contributed by atoms with van der Waals surface area (Å²) in [6.45, 7) is 12.3. The Morgan fingerprint density at radius 3 is 1.14 bits per heavy atom. The van der Waals surface area contributed by atoms with Crippen LogP contribution in [0.2, 0.25) is 0 Å². The number of hydrogen-bond acceptors (Lipinski definition) is 1. The molecule has 0 bridgehead atoms. The third-order valence-corrected chi connectivity index (χ3v) is 1.69. The maximum atomic E-state index is 9.75. The summed E-state index contributed by atoms with van der Waals surface area (Å²) in [6, 6.07) is 1.38. The first kappa shape index (κ1) is 16.2. The minimum Gasteiger partial charge on any atom is -0.418 e. The maximum Gasteiger partial charge on any atom is 0.673 e. The Balaban J connectivity index is 0. The van der Waals surface area contributed by atoms with Gasteiger partial charge in [0.1, 0.15) is 0 Å². The Labute approximate surface area is 83.6 Å². The van der Waals surface area contributed by atoms with Gasteiger partial charge in [0.15, 0.2) is 0 Å². The molecule has 88 valence electrons. The van der Waals surface area contributed by atoms with E-state index in [9.17, 15) is 17.3 Å². The molecule has 0 aromatic heterocycles. The van der Waals surface area contributed by atoms with Gasteiger partial charge in [-0.3, -0.25) is 4.90 Å². The molecular formula is C8H19BF4N-. The summed E-state index contributed by atoms with van der Waals surface area (Å²) in [5.41, 5.74) is 0. The minimum absolute atomic E-state index is 0.690. The molecule has 0 radical (unpaired) electrons. The minimum atomic E-state index is -6.00. The molecule has 0 atom stereocenters. The van der Waals surface area contributed by atoms with Crippen molar-refractivity contribution in [3.63, 3.8) is 0 Å². The van der Waals surface area contributed by atoms with Gasteiger partial charge in [-0.15, -0.1) is 0 Å². The third kappa shape index (κ3) is 14.3. The van der Waals surface area contributed by atoms with Crippen molar-refractivity contribution in [2.75, 3.05) is 6.54 Å². The van der Waals surface area contributed by atoms with E-state index >= 15 is 0 Å². The van der Waals surface area contributed by atoms with Crippen LogP contribution < -0.4 is 0 Å². The molecule has 0 aromatic rings. The van der Waals surface area contributed by atoms with Gasteiger partial charge in [-0.25, -0.2) is 0 Å². The van der Waals surface area contributed by atoms with Crippen molar-refractivity contribution in [3.8, 4) is 0 Å². The molecule has 0 aliphatic carbocycles. The van der Waals surface area contributed by atoms with Gasteiger partial charge in [0.25, 0.3) is 0 Å². The third-order valence-electron chi connectivity index (χ3n) is 1.69. The molecule has 14 heavy (non-hydrogen) atoms. The summed E-state index contributed by atoms with van der Waals surface area (Å²) in [5.74, 6) is 0. The highest BCUT2D eigenvalue weighted by Crippen LogP contribution is 2.06. The predicted molar refractivity (Wildman–Crippen MR) is 52.8 cm³/mol. The average Bonchev–Trinajstić information content (AvgIpc) is 1.81. The van der Waals surface area contributed by atoms with Gasteiger partial charge in [0.2, 0.25) is 0 Å².